The Balaban J connectivity index is 1.65. The number of hydrogen-bond acceptors (Lipinski definition) is 4. The van der Waals surface area contributed by atoms with Gasteiger partial charge in [0.1, 0.15) is 18.1 Å². The first-order valence-corrected chi connectivity index (χ1v) is 10.7. The molecule has 0 aliphatic heterocycles. The molecule has 0 atom stereocenters. The quantitative estimate of drug-likeness (QED) is 0.309. The number of hydrogen-bond donors (Lipinski definition) is 0. The molecule has 0 radical (unpaired) electrons. The molecule has 0 bridgehead atoms. The number of carbonyl (C=O) groups excluding carboxylic acids is 1. The first-order chi connectivity index (χ1) is 16.0. The van der Waals surface area contributed by atoms with Crippen LogP contribution < -0.4 is 4.74 Å². The molecule has 170 valence electrons. The van der Waals surface area contributed by atoms with Gasteiger partial charge in [-0.1, -0.05) is 24.3 Å². The maximum absolute atomic E-state index is 13.5. The van der Waals surface area contributed by atoms with Crippen molar-refractivity contribution in [2.24, 2.45) is 0 Å². The average molecular weight is 453 g/mol. The van der Waals surface area contributed by atoms with Crippen molar-refractivity contribution in [3.63, 3.8) is 0 Å². The summed E-state index contributed by atoms with van der Waals surface area (Å²) < 4.78 is 51.3. The second-order valence-electron chi connectivity index (χ2n) is 7.60. The summed E-state index contributed by atoms with van der Waals surface area (Å²) in [6.45, 7) is 1.89. The topological polar surface area (TPSA) is 48.4 Å². The third kappa shape index (κ3) is 4.92. The van der Waals surface area contributed by atoms with Crippen molar-refractivity contribution in [2.75, 3.05) is 6.61 Å². The van der Waals surface area contributed by atoms with E-state index in [1.807, 2.05) is 18.2 Å². The molecule has 1 aromatic heterocycles. The fourth-order valence-electron chi connectivity index (χ4n) is 3.94. The molecule has 0 spiro atoms. The van der Waals surface area contributed by atoms with Gasteiger partial charge in [0.15, 0.2) is 17.5 Å². The van der Waals surface area contributed by atoms with Gasteiger partial charge >= 0.3 is 5.97 Å². The number of carbonyl (C=O) groups is 1. The van der Waals surface area contributed by atoms with E-state index in [2.05, 4.69) is 4.98 Å². The zero-order chi connectivity index (χ0) is 23.4. The molecular weight excluding hydrogens is 431 g/mol. The lowest BCUT2D eigenvalue weighted by molar-refractivity contribution is 0.0519. The summed E-state index contributed by atoms with van der Waals surface area (Å²) in [5.41, 5.74) is 4.03. The van der Waals surface area contributed by atoms with Gasteiger partial charge in [-0.15, -0.1) is 0 Å². The number of aromatic nitrogens is 1. The van der Waals surface area contributed by atoms with Crippen LogP contribution in [0, 0.1) is 17.5 Å². The molecule has 33 heavy (non-hydrogen) atoms. The number of esters is 1. The van der Waals surface area contributed by atoms with Crippen LogP contribution >= 0.6 is 0 Å². The maximum Gasteiger partial charge on any atom is 0.356 e. The van der Waals surface area contributed by atoms with E-state index in [1.54, 1.807) is 31.2 Å². The molecule has 1 heterocycles. The van der Waals surface area contributed by atoms with Crippen molar-refractivity contribution in [1.29, 1.82) is 0 Å². The Morgan fingerprint density at radius 1 is 0.970 bits per heavy atom. The number of halogens is 3. The van der Waals surface area contributed by atoms with Gasteiger partial charge in [0.2, 0.25) is 0 Å². The van der Waals surface area contributed by atoms with Gasteiger partial charge in [0.05, 0.1) is 12.3 Å². The Hall–Kier alpha value is -3.61. The monoisotopic (exact) mass is 453 g/mol. The standard InChI is InChI=1S/C26H22F3NO3/c1-2-32-26(31)23-11-6-10-22(30-23)18-9-5-8-17(18)19-7-3-4-12-24(19)33-15-16-13-20(27)25(29)21(28)14-16/h3-4,6-7,10-14H,2,5,8-9,15H2,1H3. The third-order valence-electron chi connectivity index (χ3n) is 5.41. The second-order valence-corrected chi connectivity index (χ2v) is 7.60. The summed E-state index contributed by atoms with van der Waals surface area (Å²) in [5, 5.41) is 0. The lowest BCUT2D eigenvalue weighted by atomic mass is 9.99. The molecule has 3 aromatic rings. The normalized spacial score (nSPS) is 13.3. The predicted molar refractivity (Wildman–Crippen MR) is 118 cm³/mol. The molecule has 0 saturated carbocycles. The van der Waals surface area contributed by atoms with Gasteiger partial charge in [-0.25, -0.2) is 22.9 Å². The molecule has 4 rings (SSSR count). The number of nitrogens with zero attached hydrogens (tertiary/aromatic N) is 1. The molecule has 0 amide bonds. The lowest BCUT2D eigenvalue weighted by Gasteiger charge is -2.15. The maximum atomic E-state index is 13.5. The fraction of sp³-hybridized carbons (Fsp3) is 0.231. The van der Waals surface area contributed by atoms with Crippen LogP contribution in [0.15, 0.2) is 54.6 Å². The minimum atomic E-state index is -1.50. The van der Waals surface area contributed by atoms with E-state index < -0.39 is 23.4 Å². The SMILES string of the molecule is CCOC(=O)c1cccc(C2=C(c3ccccc3OCc3cc(F)c(F)c(F)c3)CCC2)n1. The molecule has 0 saturated heterocycles. The molecular formula is C26H22F3NO3. The number of pyridine rings is 1. The fourth-order valence-corrected chi connectivity index (χ4v) is 3.94. The van der Waals surface area contributed by atoms with E-state index in [0.29, 0.717) is 11.4 Å². The molecule has 2 aromatic carbocycles. The Bertz CT molecular complexity index is 1200. The Morgan fingerprint density at radius 3 is 2.45 bits per heavy atom. The number of ether oxygens (including phenoxy) is 2. The van der Waals surface area contributed by atoms with Crippen molar-refractivity contribution in [1.82, 2.24) is 4.98 Å². The van der Waals surface area contributed by atoms with E-state index in [0.717, 1.165) is 48.1 Å². The molecule has 0 N–H and O–H groups in total. The smallest absolute Gasteiger partial charge is 0.356 e. The Morgan fingerprint density at radius 2 is 1.70 bits per heavy atom. The summed E-state index contributed by atoms with van der Waals surface area (Å²) in [4.78, 5) is 16.6. The first kappa shape index (κ1) is 22.6. The Kier molecular flexibility index (Phi) is 6.77. The molecule has 7 heteroatoms. The summed E-state index contributed by atoms with van der Waals surface area (Å²) in [6.07, 6.45) is 2.50. The van der Waals surface area contributed by atoms with Crippen LogP contribution in [0.5, 0.6) is 5.75 Å². The molecule has 1 aliphatic carbocycles. The van der Waals surface area contributed by atoms with E-state index in [-0.39, 0.29) is 24.5 Å². The highest BCUT2D eigenvalue weighted by Crippen LogP contribution is 2.42. The van der Waals surface area contributed by atoms with Crippen LogP contribution in [0.2, 0.25) is 0 Å². The van der Waals surface area contributed by atoms with Crippen LogP contribution in [0.25, 0.3) is 11.1 Å². The van der Waals surface area contributed by atoms with Gasteiger partial charge in [-0.3, -0.25) is 0 Å². The van der Waals surface area contributed by atoms with E-state index in [4.69, 9.17) is 9.47 Å². The number of allylic oxidation sites excluding steroid dienone is 2. The van der Waals surface area contributed by atoms with Crippen LogP contribution in [-0.4, -0.2) is 17.6 Å². The van der Waals surface area contributed by atoms with Crippen LogP contribution in [0.1, 0.15) is 53.5 Å². The Labute approximate surface area is 189 Å². The van der Waals surface area contributed by atoms with Crippen molar-refractivity contribution in [2.45, 2.75) is 32.8 Å². The summed E-state index contributed by atoms with van der Waals surface area (Å²) >= 11 is 0. The molecule has 0 fully saturated rings. The summed E-state index contributed by atoms with van der Waals surface area (Å²) in [5.74, 6) is -3.94. The number of rotatable bonds is 7. The minimum absolute atomic E-state index is 0.121. The van der Waals surface area contributed by atoms with Crippen molar-refractivity contribution in [3.8, 4) is 5.75 Å². The highest BCUT2D eigenvalue weighted by Gasteiger charge is 2.22. The van der Waals surface area contributed by atoms with Crippen molar-refractivity contribution >= 4 is 17.1 Å². The third-order valence-corrected chi connectivity index (χ3v) is 5.41. The molecule has 1 aliphatic rings. The highest BCUT2D eigenvalue weighted by atomic mass is 19.2. The van der Waals surface area contributed by atoms with Gasteiger partial charge in [0.25, 0.3) is 0 Å². The van der Waals surface area contributed by atoms with Gasteiger partial charge in [0, 0.05) is 5.56 Å². The van der Waals surface area contributed by atoms with Crippen molar-refractivity contribution in [3.05, 3.63) is 94.6 Å². The number of para-hydroxylation sites is 1. The number of benzene rings is 2. The van der Waals surface area contributed by atoms with Gasteiger partial charge in [-0.05, 0) is 73.2 Å². The zero-order valence-corrected chi connectivity index (χ0v) is 18.0. The summed E-state index contributed by atoms with van der Waals surface area (Å²) in [7, 11) is 0. The molecule has 4 nitrogen and oxygen atoms in total. The minimum Gasteiger partial charge on any atom is -0.488 e. The lowest BCUT2D eigenvalue weighted by Crippen LogP contribution is -2.08. The van der Waals surface area contributed by atoms with Gasteiger partial charge < -0.3 is 9.47 Å². The second kappa shape index (κ2) is 9.90. The van der Waals surface area contributed by atoms with E-state index in [9.17, 15) is 18.0 Å². The van der Waals surface area contributed by atoms with Crippen LogP contribution in [0.4, 0.5) is 13.2 Å². The average Bonchev–Trinajstić information content (AvgIpc) is 3.31. The first-order valence-electron chi connectivity index (χ1n) is 10.7. The largest absolute Gasteiger partial charge is 0.488 e. The highest BCUT2D eigenvalue weighted by molar-refractivity contribution is 5.94. The summed E-state index contributed by atoms with van der Waals surface area (Å²) in [6, 6.07) is 14.5. The van der Waals surface area contributed by atoms with Crippen LogP contribution in [0.3, 0.4) is 0 Å². The van der Waals surface area contributed by atoms with Gasteiger partial charge in [-0.2, -0.15) is 0 Å². The zero-order valence-electron chi connectivity index (χ0n) is 18.0. The van der Waals surface area contributed by atoms with E-state index >= 15 is 0 Å². The van der Waals surface area contributed by atoms with Crippen molar-refractivity contribution < 1.29 is 27.4 Å². The molecule has 0 unspecified atom stereocenters. The van der Waals surface area contributed by atoms with Crippen LogP contribution in [-0.2, 0) is 11.3 Å². The van der Waals surface area contributed by atoms with E-state index in [1.165, 1.54) is 0 Å². The predicted octanol–water partition coefficient (Wildman–Crippen LogP) is 6.35.